The van der Waals surface area contributed by atoms with Gasteiger partial charge in [0.2, 0.25) is 0 Å². The Bertz CT molecular complexity index is 613. The summed E-state index contributed by atoms with van der Waals surface area (Å²) in [5.74, 6) is -0.934. The number of carboxylic acid groups (broad SMARTS) is 1. The Morgan fingerprint density at radius 1 is 1.29 bits per heavy atom. The molecule has 2 fully saturated rings. The van der Waals surface area contributed by atoms with E-state index in [2.05, 4.69) is 5.10 Å². The van der Waals surface area contributed by atoms with Gasteiger partial charge >= 0.3 is 5.97 Å². The molecule has 0 bridgehead atoms. The van der Waals surface area contributed by atoms with Gasteiger partial charge in [-0.25, -0.2) is 0 Å². The minimum atomic E-state index is -0.936. The molecule has 3 heterocycles. The predicted molar refractivity (Wildman–Crippen MR) is 85.9 cm³/mol. The second kappa shape index (κ2) is 6.52. The summed E-state index contributed by atoms with van der Waals surface area (Å²) in [6.45, 7) is 6.78. The van der Waals surface area contributed by atoms with Crippen LogP contribution in [0.25, 0.3) is 0 Å². The van der Waals surface area contributed by atoms with Crippen molar-refractivity contribution < 1.29 is 19.4 Å². The monoisotopic (exact) mass is 336 g/mol. The van der Waals surface area contributed by atoms with Gasteiger partial charge in [0, 0.05) is 51.4 Å². The van der Waals surface area contributed by atoms with E-state index in [4.69, 9.17) is 4.74 Å². The summed E-state index contributed by atoms with van der Waals surface area (Å²) in [5.41, 5.74) is -0.497. The summed E-state index contributed by atoms with van der Waals surface area (Å²) in [6, 6.07) is 1.94. The summed E-state index contributed by atoms with van der Waals surface area (Å²) in [7, 11) is 0. The molecular weight excluding hydrogens is 312 g/mol. The Balaban J connectivity index is 1.64. The van der Waals surface area contributed by atoms with Crippen molar-refractivity contribution in [1.29, 1.82) is 0 Å². The average molecular weight is 336 g/mol. The first-order valence-corrected chi connectivity index (χ1v) is 8.35. The highest BCUT2D eigenvalue weighted by Crippen LogP contribution is 2.28. The first kappa shape index (κ1) is 16.9. The number of rotatable bonds is 4. The van der Waals surface area contributed by atoms with Crippen molar-refractivity contribution in [2.75, 3.05) is 39.4 Å². The minimum absolute atomic E-state index is 0.0962. The standard InChI is InChI=1S/C16H24N4O4/c1-12(2)20-5-3-13(17-20)14(21)18-6-8-19(9-7-18)16(15(22)23)4-10-24-11-16/h3,5,12H,4,6-11H2,1-2H3,(H,22,23). The van der Waals surface area contributed by atoms with Crippen LogP contribution in [-0.2, 0) is 9.53 Å². The van der Waals surface area contributed by atoms with Crippen molar-refractivity contribution in [1.82, 2.24) is 19.6 Å². The Morgan fingerprint density at radius 2 is 2.00 bits per heavy atom. The fourth-order valence-corrected chi connectivity index (χ4v) is 3.35. The first-order valence-electron chi connectivity index (χ1n) is 8.35. The van der Waals surface area contributed by atoms with E-state index in [9.17, 15) is 14.7 Å². The van der Waals surface area contributed by atoms with E-state index in [1.807, 2.05) is 24.9 Å². The van der Waals surface area contributed by atoms with Gasteiger partial charge in [0.15, 0.2) is 0 Å². The van der Waals surface area contributed by atoms with Crippen molar-refractivity contribution in [3.63, 3.8) is 0 Å². The number of aromatic nitrogens is 2. The zero-order valence-electron chi connectivity index (χ0n) is 14.1. The van der Waals surface area contributed by atoms with Crippen molar-refractivity contribution in [3.05, 3.63) is 18.0 Å². The van der Waals surface area contributed by atoms with E-state index in [0.717, 1.165) is 0 Å². The molecule has 8 nitrogen and oxygen atoms in total. The van der Waals surface area contributed by atoms with Gasteiger partial charge in [0.1, 0.15) is 11.2 Å². The van der Waals surface area contributed by atoms with Gasteiger partial charge in [-0.05, 0) is 19.9 Å². The van der Waals surface area contributed by atoms with Gasteiger partial charge in [-0.1, -0.05) is 0 Å². The molecule has 24 heavy (non-hydrogen) atoms. The van der Waals surface area contributed by atoms with E-state index in [1.165, 1.54) is 0 Å². The molecule has 0 aliphatic carbocycles. The van der Waals surface area contributed by atoms with Crippen LogP contribution in [0.5, 0.6) is 0 Å². The third kappa shape index (κ3) is 2.91. The second-order valence-electron chi connectivity index (χ2n) is 6.69. The predicted octanol–water partition coefficient (Wildman–Crippen LogP) is 0.466. The van der Waals surface area contributed by atoms with E-state index in [1.54, 1.807) is 15.6 Å². The molecule has 3 rings (SSSR count). The fraction of sp³-hybridized carbons (Fsp3) is 0.688. The van der Waals surface area contributed by atoms with Crippen LogP contribution in [0.1, 0.15) is 36.8 Å². The molecule has 1 atom stereocenters. The molecule has 1 amide bonds. The first-order chi connectivity index (χ1) is 11.4. The molecule has 0 spiro atoms. The number of carbonyl (C=O) groups is 2. The number of piperazine rings is 1. The summed E-state index contributed by atoms with van der Waals surface area (Å²) in [5, 5.41) is 13.9. The Kier molecular flexibility index (Phi) is 4.60. The van der Waals surface area contributed by atoms with Gasteiger partial charge in [0.25, 0.3) is 5.91 Å². The topological polar surface area (TPSA) is 87.9 Å². The van der Waals surface area contributed by atoms with Crippen molar-refractivity contribution in [2.24, 2.45) is 0 Å². The molecule has 1 unspecified atom stereocenters. The third-order valence-electron chi connectivity index (χ3n) is 4.93. The maximum absolute atomic E-state index is 12.6. The number of hydrogen-bond acceptors (Lipinski definition) is 5. The second-order valence-corrected chi connectivity index (χ2v) is 6.69. The van der Waals surface area contributed by atoms with Crippen molar-refractivity contribution in [3.8, 4) is 0 Å². The molecule has 0 radical (unpaired) electrons. The summed E-state index contributed by atoms with van der Waals surface area (Å²) < 4.78 is 7.09. The third-order valence-corrected chi connectivity index (χ3v) is 4.93. The molecule has 1 aromatic rings. The molecule has 0 saturated carbocycles. The number of carboxylic acids is 1. The lowest BCUT2D eigenvalue weighted by molar-refractivity contribution is -0.152. The largest absolute Gasteiger partial charge is 0.480 e. The lowest BCUT2D eigenvalue weighted by Crippen LogP contribution is -2.61. The van der Waals surface area contributed by atoms with Crippen LogP contribution < -0.4 is 0 Å². The molecule has 2 saturated heterocycles. The van der Waals surface area contributed by atoms with Crippen molar-refractivity contribution >= 4 is 11.9 Å². The van der Waals surface area contributed by atoms with Gasteiger partial charge in [-0.15, -0.1) is 0 Å². The Morgan fingerprint density at radius 3 is 2.50 bits per heavy atom. The molecule has 2 aliphatic rings. The van der Waals surface area contributed by atoms with Crippen LogP contribution >= 0.6 is 0 Å². The number of carbonyl (C=O) groups excluding carboxylic acids is 1. The Labute approximate surface area is 141 Å². The Hall–Kier alpha value is -1.93. The summed E-state index contributed by atoms with van der Waals surface area (Å²) in [4.78, 5) is 28.0. The van der Waals surface area contributed by atoms with E-state index >= 15 is 0 Å². The molecule has 1 N–H and O–H groups in total. The highest BCUT2D eigenvalue weighted by Gasteiger charge is 2.48. The lowest BCUT2D eigenvalue weighted by atomic mass is 9.95. The average Bonchev–Trinajstić information content (AvgIpc) is 3.24. The highest BCUT2D eigenvalue weighted by atomic mass is 16.5. The van der Waals surface area contributed by atoms with E-state index < -0.39 is 11.5 Å². The lowest BCUT2D eigenvalue weighted by Gasteiger charge is -2.42. The number of aliphatic carboxylic acids is 1. The zero-order valence-corrected chi connectivity index (χ0v) is 14.1. The van der Waals surface area contributed by atoms with Crippen LogP contribution in [0, 0.1) is 0 Å². The van der Waals surface area contributed by atoms with Crippen molar-refractivity contribution in [2.45, 2.75) is 31.8 Å². The smallest absolute Gasteiger partial charge is 0.326 e. The summed E-state index contributed by atoms with van der Waals surface area (Å²) in [6.07, 6.45) is 2.30. The molecular formula is C16H24N4O4. The molecule has 8 heteroatoms. The van der Waals surface area contributed by atoms with E-state index in [0.29, 0.717) is 44.9 Å². The quantitative estimate of drug-likeness (QED) is 0.860. The molecule has 1 aromatic heterocycles. The zero-order chi connectivity index (χ0) is 17.3. The normalized spacial score (nSPS) is 25.4. The van der Waals surface area contributed by atoms with Gasteiger partial charge in [-0.2, -0.15) is 5.10 Å². The van der Waals surface area contributed by atoms with Gasteiger partial charge in [-0.3, -0.25) is 19.2 Å². The van der Waals surface area contributed by atoms with Crippen LogP contribution in [0.15, 0.2) is 12.3 Å². The maximum atomic E-state index is 12.6. The SMILES string of the molecule is CC(C)n1ccc(C(=O)N2CCN(C3(C(=O)O)CCOC3)CC2)n1. The van der Waals surface area contributed by atoms with Crippen LogP contribution in [0.4, 0.5) is 0 Å². The highest BCUT2D eigenvalue weighted by molar-refractivity contribution is 5.92. The van der Waals surface area contributed by atoms with Crippen LogP contribution in [-0.4, -0.2) is 81.5 Å². The minimum Gasteiger partial charge on any atom is -0.480 e. The van der Waals surface area contributed by atoms with E-state index in [-0.39, 0.29) is 18.6 Å². The number of ether oxygens (including phenoxy) is 1. The number of nitrogens with zero attached hydrogens (tertiary/aromatic N) is 4. The maximum Gasteiger partial charge on any atom is 0.326 e. The number of amides is 1. The number of hydrogen-bond donors (Lipinski definition) is 1. The van der Waals surface area contributed by atoms with Crippen LogP contribution in [0.2, 0.25) is 0 Å². The fourth-order valence-electron chi connectivity index (χ4n) is 3.35. The summed E-state index contributed by atoms with van der Waals surface area (Å²) >= 11 is 0. The van der Waals surface area contributed by atoms with Gasteiger partial charge < -0.3 is 14.7 Å². The molecule has 2 aliphatic heterocycles. The molecule has 132 valence electrons. The van der Waals surface area contributed by atoms with Crippen LogP contribution in [0.3, 0.4) is 0 Å². The molecule has 0 aromatic carbocycles. The van der Waals surface area contributed by atoms with Gasteiger partial charge in [0.05, 0.1) is 6.61 Å².